The number of ether oxygens (including phenoxy) is 1. The molecule has 0 amide bonds. The summed E-state index contributed by atoms with van der Waals surface area (Å²) in [4.78, 5) is 25.0. The number of hydroxylamine groups is 1. The lowest BCUT2D eigenvalue weighted by molar-refractivity contribution is -0.160. The quantitative estimate of drug-likeness (QED) is 0.402. The maximum Gasteiger partial charge on any atom is 0.308 e. The molecule has 188 valence electrons. The second-order valence-corrected chi connectivity index (χ2v) is 8.56. The fourth-order valence-electron chi connectivity index (χ4n) is 4.14. The third-order valence-electron chi connectivity index (χ3n) is 5.91. The standard InChI is InChI=1S/C24H24F2N6O4/c25-17-4-2-1-3-14(17)13-32-21(19-6-8-35-31-19)11-20(30-32)24-28-12-18(26)23(29-24)27-7-5-16-9-15(33)10-22(34)36-16/h1-4,6,8,11-12,15-16,19,31,33H,5,7,9-10,13H2,(H,27,28,29)/t15-,16-,19?/m1/s1. The lowest BCUT2D eigenvalue weighted by Crippen LogP contribution is -2.33. The van der Waals surface area contributed by atoms with Crippen LogP contribution in [0.4, 0.5) is 14.6 Å². The van der Waals surface area contributed by atoms with E-state index in [1.54, 1.807) is 35.0 Å². The van der Waals surface area contributed by atoms with Gasteiger partial charge in [0.2, 0.25) is 0 Å². The van der Waals surface area contributed by atoms with E-state index in [9.17, 15) is 18.7 Å². The highest BCUT2D eigenvalue weighted by Crippen LogP contribution is 2.26. The first kappa shape index (κ1) is 23.8. The smallest absolute Gasteiger partial charge is 0.308 e. The molecule has 5 rings (SSSR count). The number of anilines is 1. The number of nitrogens with one attached hydrogen (secondary N) is 2. The molecule has 2 aliphatic rings. The van der Waals surface area contributed by atoms with Gasteiger partial charge in [-0.05, 0) is 18.2 Å². The van der Waals surface area contributed by atoms with Gasteiger partial charge >= 0.3 is 5.97 Å². The lowest BCUT2D eigenvalue weighted by atomic mass is 10.0. The van der Waals surface area contributed by atoms with E-state index in [0.717, 1.165) is 6.20 Å². The van der Waals surface area contributed by atoms with E-state index in [0.29, 0.717) is 29.8 Å². The van der Waals surface area contributed by atoms with E-state index < -0.39 is 24.0 Å². The Balaban J connectivity index is 1.35. The van der Waals surface area contributed by atoms with Crippen molar-refractivity contribution in [2.75, 3.05) is 11.9 Å². The molecular weight excluding hydrogens is 474 g/mol. The molecule has 3 aromatic rings. The highest BCUT2D eigenvalue weighted by Gasteiger charge is 2.27. The Bertz CT molecular complexity index is 1280. The van der Waals surface area contributed by atoms with E-state index in [4.69, 9.17) is 9.57 Å². The van der Waals surface area contributed by atoms with Crippen LogP contribution in [-0.2, 0) is 20.9 Å². The maximum absolute atomic E-state index is 14.4. The number of nitrogens with zero attached hydrogens (tertiary/aromatic N) is 4. The van der Waals surface area contributed by atoms with Gasteiger partial charge in [-0.2, -0.15) is 5.10 Å². The van der Waals surface area contributed by atoms with Crippen molar-refractivity contribution >= 4 is 11.8 Å². The number of hydrogen-bond donors (Lipinski definition) is 3. The Morgan fingerprint density at radius 1 is 1.25 bits per heavy atom. The highest BCUT2D eigenvalue weighted by molar-refractivity contribution is 5.71. The summed E-state index contributed by atoms with van der Waals surface area (Å²) in [6.07, 6.45) is 3.84. The molecule has 2 aliphatic heterocycles. The minimum atomic E-state index is -0.734. The first-order valence-electron chi connectivity index (χ1n) is 11.5. The minimum absolute atomic E-state index is 0.0162. The minimum Gasteiger partial charge on any atom is -0.462 e. The number of carbonyl (C=O) groups is 1. The van der Waals surface area contributed by atoms with Crippen LogP contribution in [0.15, 0.2) is 48.9 Å². The summed E-state index contributed by atoms with van der Waals surface area (Å²) in [5.41, 5.74) is 4.34. The van der Waals surface area contributed by atoms with Gasteiger partial charge in [-0.15, -0.1) is 5.48 Å². The van der Waals surface area contributed by atoms with Crippen LogP contribution in [0.1, 0.15) is 36.6 Å². The molecule has 0 saturated carbocycles. The molecule has 1 unspecified atom stereocenters. The number of halogens is 2. The maximum atomic E-state index is 14.4. The summed E-state index contributed by atoms with van der Waals surface area (Å²) in [6, 6.07) is 7.82. The summed E-state index contributed by atoms with van der Waals surface area (Å²) in [7, 11) is 0. The highest BCUT2D eigenvalue weighted by atomic mass is 19.1. The van der Waals surface area contributed by atoms with Crippen LogP contribution in [0, 0.1) is 11.6 Å². The fraction of sp³-hybridized carbons (Fsp3) is 0.333. The zero-order valence-corrected chi connectivity index (χ0v) is 19.1. The number of aliphatic hydroxyl groups excluding tert-OH is 1. The van der Waals surface area contributed by atoms with Gasteiger partial charge < -0.3 is 20.0 Å². The first-order valence-corrected chi connectivity index (χ1v) is 11.5. The molecular formula is C24H24F2N6O4. The Kier molecular flexibility index (Phi) is 6.87. The molecule has 1 aromatic carbocycles. The van der Waals surface area contributed by atoms with E-state index in [2.05, 4.69) is 25.9 Å². The van der Waals surface area contributed by atoms with Crippen molar-refractivity contribution in [1.82, 2.24) is 25.2 Å². The van der Waals surface area contributed by atoms with Crippen LogP contribution < -0.4 is 10.8 Å². The number of esters is 1. The van der Waals surface area contributed by atoms with E-state index in [1.165, 1.54) is 12.3 Å². The third kappa shape index (κ3) is 5.34. The fourth-order valence-corrected chi connectivity index (χ4v) is 4.14. The molecule has 0 radical (unpaired) electrons. The Morgan fingerprint density at radius 2 is 2.11 bits per heavy atom. The molecule has 3 N–H and O–H groups in total. The van der Waals surface area contributed by atoms with Crippen LogP contribution in [0.5, 0.6) is 0 Å². The normalized spacial score (nSPS) is 21.3. The van der Waals surface area contributed by atoms with Gasteiger partial charge in [0.05, 0.1) is 31.0 Å². The van der Waals surface area contributed by atoms with Crippen LogP contribution in [0.2, 0.25) is 0 Å². The molecule has 3 atom stereocenters. The van der Waals surface area contributed by atoms with Crippen LogP contribution in [0.25, 0.3) is 11.5 Å². The topological polar surface area (TPSA) is 123 Å². The van der Waals surface area contributed by atoms with Crippen molar-refractivity contribution in [1.29, 1.82) is 0 Å². The molecule has 12 heteroatoms. The van der Waals surface area contributed by atoms with Crippen molar-refractivity contribution in [3.05, 3.63) is 71.8 Å². The molecule has 0 aliphatic carbocycles. The molecule has 0 spiro atoms. The number of benzene rings is 1. The Hall–Kier alpha value is -3.90. The zero-order valence-electron chi connectivity index (χ0n) is 19.1. The summed E-state index contributed by atoms with van der Waals surface area (Å²) < 4.78 is 35.5. The summed E-state index contributed by atoms with van der Waals surface area (Å²) in [6.45, 7) is 0.422. The van der Waals surface area contributed by atoms with Gasteiger partial charge in [0.15, 0.2) is 17.5 Å². The van der Waals surface area contributed by atoms with Crippen molar-refractivity contribution < 1.29 is 28.3 Å². The Labute approximate surface area is 204 Å². The third-order valence-corrected chi connectivity index (χ3v) is 5.91. The van der Waals surface area contributed by atoms with Crippen molar-refractivity contribution in [2.45, 2.75) is 44.1 Å². The molecule has 36 heavy (non-hydrogen) atoms. The van der Waals surface area contributed by atoms with Gasteiger partial charge in [-0.25, -0.2) is 18.7 Å². The monoisotopic (exact) mass is 498 g/mol. The first-order chi connectivity index (χ1) is 17.5. The number of aromatic nitrogens is 4. The SMILES string of the molecule is O=C1C[C@H](O)C[C@@H](CCNc2nc(-c3cc(C4C=CON4)n(Cc4ccccc4F)n3)ncc2F)O1. The number of hydrogen-bond acceptors (Lipinski definition) is 9. The zero-order chi connectivity index (χ0) is 25.1. The lowest BCUT2D eigenvalue weighted by Gasteiger charge is -2.25. The van der Waals surface area contributed by atoms with Crippen LogP contribution in [0.3, 0.4) is 0 Å². The van der Waals surface area contributed by atoms with E-state index in [1.807, 2.05) is 0 Å². The van der Waals surface area contributed by atoms with Crippen LogP contribution >= 0.6 is 0 Å². The predicted molar refractivity (Wildman–Crippen MR) is 123 cm³/mol. The van der Waals surface area contributed by atoms with Crippen LogP contribution in [-0.4, -0.2) is 49.6 Å². The van der Waals surface area contributed by atoms with Gasteiger partial charge in [0.25, 0.3) is 0 Å². The van der Waals surface area contributed by atoms with Gasteiger partial charge in [0, 0.05) is 24.9 Å². The van der Waals surface area contributed by atoms with Crippen molar-refractivity contribution in [2.24, 2.45) is 0 Å². The summed E-state index contributed by atoms with van der Waals surface area (Å²) >= 11 is 0. The van der Waals surface area contributed by atoms with Gasteiger partial charge in [-0.1, -0.05) is 18.2 Å². The Morgan fingerprint density at radius 3 is 2.89 bits per heavy atom. The molecule has 4 heterocycles. The second kappa shape index (κ2) is 10.4. The average molecular weight is 498 g/mol. The second-order valence-electron chi connectivity index (χ2n) is 8.56. The number of cyclic esters (lactones) is 1. The average Bonchev–Trinajstić information content (AvgIpc) is 3.51. The van der Waals surface area contributed by atoms with Crippen molar-refractivity contribution in [3.63, 3.8) is 0 Å². The number of aliphatic hydroxyl groups is 1. The number of carbonyl (C=O) groups excluding carboxylic acids is 1. The molecule has 1 saturated heterocycles. The van der Waals surface area contributed by atoms with E-state index >= 15 is 0 Å². The largest absolute Gasteiger partial charge is 0.462 e. The van der Waals surface area contributed by atoms with Gasteiger partial charge in [0.1, 0.15) is 29.9 Å². The molecule has 10 nitrogen and oxygen atoms in total. The van der Waals surface area contributed by atoms with E-state index in [-0.39, 0.29) is 43.0 Å². The molecule has 1 fully saturated rings. The molecule has 0 bridgehead atoms. The summed E-state index contributed by atoms with van der Waals surface area (Å²) in [5, 5.41) is 17.2. The number of rotatable bonds is 8. The van der Waals surface area contributed by atoms with Crippen molar-refractivity contribution in [3.8, 4) is 11.5 Å². The molecule has 2 aromatic heterocycles. The van der Waals surface area contributed by atoms with Gasteiger partial charge in [-0.3, -0.25) is 9.48 Å². The predicted octanol–water partition coefficient (Wildman–Crippen LogP) is 2.62. The summed E-state index contributed by atoms with van der Waals surface area (Å²) in [5.74, 6) is -1.32.